The van der Waals surface area contributed by atoms with E-state index in [1.807, 2.05) is 38.1 Å². The number of benzene rings is 2. The molecule has 25 heavy (non-hydrogen) atoms. The van der Waals surface area contributed by atoms with Gasteiger partial charge in [0.1, 0.15) is 17.5 Å². The average molecular weight is 368 g/mol. The minimum atomic E-state index is 0.185. The predicted molar refractivity (Wildman–Crippen MR) is 104 cm³/mol. The third kappa shape index (κ3) is 3.19. The lowest BCUT2D eigenvalue weighted by atomic mass is 9.92. The van der Waals surface area contributed by atoms with Crippen LogP contribution < -0.4 is 5.73 Å². The number of aromatic nitrogens is 1. The molecule has 0 bridgehead atoms. The highest BCUT2D eigenvalue weighted by Gasteiger charge is 2.20. The van der Waals surface area contributed by atoms with Crippen LogP contribution in [0.15, 0.2) is 42.5 Å². The molecule has 3 rings (SSSR count). The first kappa shape index (κ1) is 17.3. The number of nitrogens with zero attached hydrogens (tertiary/aromatic N) is 2. The van der Waals surface area contributed by atoms with Gasteiger partial charge in [0.05, 0.1) is 5.69 Å². The SMILES string of the molecule is Cc1ccc(-c2nc(N)c(C#N)c(-c3ccc(Cl)cc3Cl)c2C)cc1. The van der Waals surface area contributed by atoms with E-state index >= 15 is 0 Å². The highest BCUT2D eigenvalue weighted by molar-refractivity contribution is 6.36. The molecular weight excluding hydrogens is 353 g/mol. The molecule has 2 N–H and O–H groups in total. The van der Waals surface area contributed by atoms with E-state index in [4.69, 9.17) is 28.9 Å². The molecule has 2 aromatic carbocycles. The molecule has 0 radical (unpaired) electrons. The van der Waals surface area contributed by atoms with Crippen molar-refractivity contribution in [3.63, 3.8) is 0 Å². The molecule has 0 atom stereocenters. The van der Waals surface area contributed by atoms with Crippen molar-refractivity contribution in [2.45, 2.75) is 13.8 Å². The molecule has 0 saturated carbocycles. The zero-order valence-electron chi connectivity index (χ0n) is 13.8. The van der Waals surface area contributed by atoms with Crippen molar-refractivity contribution >= 4 is 29.0 Å². The van der Waals surface area contributed by atoms with Gasteiger partial charge in [0.15, 0.2) is 0 Å². The monoisotopic (exact) mass is 367 g/mol. The van der Waals surface area contributed by atoms with Gasteiger partial charge in [-0.25, -0.2) is 4.98 Å². The smallest absolute Gasteiger partial charge is 0.142 e. The van der Waals surface area contributed by atoms with E-state index in [1.54, 1.807) is 18.2 Å². The Morgan fingerprint density at radius 3 is 2.32 bits per heavy atom. The zero-order chi connectivity index (χ0) is 18.1. The van der Waals surface area contributed by atoms with Gasteiger partial charge >= 0.3 is 0 Å². The Hall–Kier alpha value is -2.54. The summed E-state index contributed by atoms with van der Waals surface area (Å²) in [7, 11) is 0. The Kier molecular flexibility index (Phi) is 4.67. The summed E-state index contributed by atoms with van der Waals surface area (Å²) in [5, 5.41) is 10.6. The van der Waals surface area contributed by atoms with E-state index in [0.717, 1.165) is 22.4 Å². The van der Waals surface area contributed by atoms with Crippen molar-refractivity contribution in [2.75, 3.05) is 5.73 Å². The van der Waals surface area contributed by atoms with Crippen molar-refractivity contribution < 1.29 is 0 Å². The molecule has 0 aliphatic heterocycles. The Bertz CT molecular complexity index is 1000. The Morgan fingerprint density at radius 2 is 1.72 bits per heavy atom. The van der Waals surface area contributed by atoms with Crippen LogP contribution in [-0.4, -0.2) is 4.98 Å². The van der Waals surface area contributed by atoms with Gasteiger partial charge in [-0.1, -0.05) is 59.1 Å². The van der Waals surface area contributed by atoms with E-state index in [0.29, 0.717) is 26.7 Å². The van der Waals surface area contributed by atoms with Gasteiger partial charge in [0, 0.05) is 26.7 Å². The lowest BCUT2D eigenvalue weighted by Crippen LogP contribution is -2.03. The first-order valence-electron chi connectivity index (χ1n) is 7.65. The van der Waals surface area contributed by atoms with Crippen molar-refractivity contribution in [1.82, 2.24) is 4.98 Å². The maximum atomic E-state index is 9.59. The number of nitriles is 1. The zero-order valence-corrected chi connectivity index (χ0v) is 15.3. The quantitative estimate of drug-likeness (QED) is 0.622. The largest absolute Gasteiger partial charge is 0.383 e. The average Bonchev–Trinajstić information content (AvgIpc) is 2.58. The van der Waals surface area contributed by atoms with Gasteiger partial charge in [-0.15, -0.1) is 0 Å². The molecular formula is C20H15Cl2N3. The van der Waals surface area contributed by atoms with E-state index < -0.39 is 0 Å². The lowest BCUT2D eigenvalue weighted by molar-refractivity contribution is 1.26. The van der Waals surface area contributed by atoms with Crippen LogP contribution in [0.4, 0.5) is 5.82 Å². The number of nitrogens with two attached hydrogens (primary N) is 1. The van der Waals surface area contributed by atoms with E-state index in [2.05, 4.69) is 11.1 Å². The fourth-order valence-electron chi connectivity index (χ4n) is 2.83. The first-order valence-corrected chi connectivity index (χ1v) is 8.40. The maximum absolute atomic E-state index is 9.59. The van der Waals surface area contributed by atoms with Gasteiger partial charge in [-0.3, -0.25) is 0 Å². The van der Waals surface area contributed by atoms with E-state index in [-0.39, 0.29) is 5.82 Å². The number of hydrogen-bond acceptors (Lipinski definition) is 3. The fraction of sp³-hybridized carbons (Fsp3) is 0.100. The number of pyridine rings is 1. The van der Waals surface area contributed by atoms with Gasteiger partial charge in [0.25, 0.3) is 0 Å². The minimum absolute atomic E-state index is 0.185. The first-order chi connectivity index (χ1) is 11.9. The molecule has 3 aromatic rings. The van der Waals surface area contributed by atoms with Crippen LogP contribution in [-0.2, 0) is 0 Å². The highest BCUT2D eigenvalue weighted by Crippen LogP contribution is 2.39. The molecule has 5 heteroatoms. The summed E-state index contributed by atoms with van der Waals surface area (Å²) in [5.41, 5.74) is 11.5. The summed E-state index contributed by atoms with van der Waals surface area (Å²) in [6.45, 7) is 3.94. The molecule has 0 aliphatic rings. The number of hydrogen-bond donors (Lipinski definition) is 1. The third-order valence-electron chi connectivity index (χ3n) is 4.11. The van der Waals surface area contributed by atoms with Crippen LogP contribution >= 0.6 is 23.2 Å². The number of aryl methyl sites for hydroxylation is 1. The van der Waals surface area contributed by atoms with Crippen LogP contribution in [0, 0.1) is 25.2 Å². The third-order valence-corrected chi connectivity index (χ3v) is 4.65. The van der Waals surface area contributed by atoms with Crippen LogP contribution in [0.25, 0.3) is 22.4 Å². The van der Waals surface area contributed by atoms with Crippen molar-refractivity contribution in [3.8, 4) is 28.5 Å². The summed E-state index contributed by atoms with van der Waals surface area (Å²) in [5.74, 6) is 0.185. The summed E-state index contributed by atoms with van der Waals surface area (Å²) in [6.07, 6.45) is 0. The van der Waals surface area contributed by atoms with E-state index in [9.17, 15) is 5.26 Å². The van der Waals surface area contributed by atoms with Crippen LogP contribution in [0.3, 0.4) is 0 Å². The molecule has 124 valence electrons. The van der Waals surface area contributed by atoms with Gasteiger partial charge < -0.3 is 5.73 Å². The van der Waals surface area contributed by atoms with Crippen LogP contribution in [0.2, 0.25) is 10.0 Å². The Balaban J connectivity index is 2.34. The lowest BCUT2D eigenvalue weighted by Gasteiger charge is -2.16. The molecule has 3 nitrogen and oxygen atoms in total. The predicted octanol–water partition coefficient (Wildman–Crippen LogP) is 5.79. The summed E-state index contributed by atoms with van der Waals surface area (Å²) >= 11 is 12.4. The van der Waals surface area contributed by atoms with E-state index in [1.165, 1.54) is 0 Å². The molecule has 0 spiro atoms. The maximum Gasteiger partial charge on any atom is 0.142 e. The Morgan fingerprint density at radius 1 is 1.04 bits per heavy atom. The molecule has 1 aromatic heterocycles. The fourth-order valence-corrected chi connectivity index (χ4v) is 3.33. The highest BCUT2D eigenvalue weighted by atomic mass is 35.5. The van der Waals surface area contributed by atoms with Crippen molar-refractivity contribution in [3.05, 3.63) is 69.2 Å². The normalized spacial score (nSPS) is 10.5. The summed E-state index contributed by atoms with van der Waals surface area (Å²) in [6, 6.07) is 15.4. The van der Waals surface area contributed by atoms with Gasteiger partial charge in [-0.05, 0) is 31.5 Å². The standard InChI is InChI=1S/C20H15Cl2N3/c1-11-3-5-13(6-4-11)19-12(2)18(16(10-23)20(24)25-19)15-8-7-14(21)9-17(15)22/h3-9H,1-2H3,(H2,24,25). The number of anilines is 1. The van der Waals surface area contributed by atoms with Crippen molar-refractivity contribution in [2.24, 2.45) is 0 Å². The molecule has 1 heterocycles. The molecule has 0 aliphatic carbocycles. The van der Waals surface area contributed by atoms with Crippen LogP contribution in [0.1, 0.15) is 16.7 Å². The number of rotatable bonds is 2. The van der Waals surface area contributed by atoms with Gasteiger partial charge in [0.2, 0.25) is 0 Å². The second-order valence-corrected chi connectivity index (χ2v) is 6.67. The second-order valence-electron chi connectivity index (χ2n) is 5.82. The number of halogens is 2. The van der Waals surface area contributed by atoms with Gasteiger partial charge in [-0.2, -0.15) is 5.26 Å². The summed E-state index contributed by atoms with van der Waals surface area (Å²) < 4.78 is 0. The molecule has 0 fully saturated rings. The topological polar surface area (TPSA) is 62.7 Å². The second kappa shape index (κ2) is 6.76. The Labute approximate surface area is 156 Å². The van der Waals surface area contributed by atoms with Crippen LogP contribution in [0.5, 0.6) is 0 Å². The number of nitrogen functional groups attached to an aromatic ring is 1. The molecule has 0 unspecified atom stereocenters. The molecule has 0 saturated heterocycles. The minimum Gasteiger partial charge on any atom is -0.383 e. The summed E-state index contributed by atoms with van der Waals surface area (Å²) in [4.78, 5) is 4.46. The van der Waals surface area contributed by atoms with Crippen molar-refractivity contribution in [1.29, 1.82) is 5.26 Å². The molecule has 0 amide bonds.